The molecule has 0 aliphatic rings. The van der Waals surface area contributed by atoms with E-state index in [9.17, 15) is 5.21 Å². The molecule has 0 bridgehead atoms. The summed E-state index contributed by atoms with van der Waals surface area (Å²) in [5.74, 6) is 1.49. The third kappa shape index (κ3) is 4.34. The van der Waals surface area contributed by atoms with Gasteiger partial charge in [-0.2, -0.15) is 0 Å². The molecule has 1 aromatic carbocycles. The van der Waals surface area contributed by atoms with Crippen molar-refractivity contribution in [1.82, 2.24) is 0 Å². The first-order valence-electron chi connectivity index (χ1n) is 5.50. The fourth-order valence-electron chi connectivity index (χ4n) is 1.15. The topological polar surface area (TPSA) is 44.5 Å². The van der Waals surface area contributed by atoms with Gasteiger partial charge in [-0.25, -0.2) is 4.74 Å². The van der Waals surface area contributed by atoms with Crippen LogP contribution in [0.25, 0.3) is 0 Å². The van der Waals surface area contributed by atoms with Crippen molar-refractivity contribution in [2.75, 3.05) is 13.7 Å². The number of hydrogen-bond acceptors (Lipinski definition) is 3. The molecule has 0 fully saturated rings. The summed E-state index contributed by atoms with van der Waals surface area (Å²) in [5.41, 5.74) is -0.427. The van der Waals surface area contributed by atoms with Gasteiger partial charge in [0.15, 0.2) is 18.4 Å². The molecular weight excluding hydrogens is 218 g/mol. The van der Waals surface area contributed by atoms with Crippen LogP contribution < -0.4 is 9.47 Å². The Hall–Kier alpha value is -1.71. The second kappa shape index (κ2) is 5.57. The number of nitrogens with zero attached hydrogens (tertiary/aromatic N) is 1. The summed E-state index contributed by atoms with van der Waals surface area (Å²) in [6, 6.07) is 7.24. The van der Waals surface area contributed by atoms with E-state index in [1.807, 2.05) is 32.9 Å². The molecule has 1 aromatic rings. The van der Waals surface area contributed by atoms with Crippen molar-refractivity contribution in [1.29, 1.82) is 0 Å². The monoisotopic (exact) mass is 237 g/mol. The predicted octanol–water partition coefficient (Wildman–Crippen LogP) is 2.45. The second-order valence-electron chi connectivity index (χ2n) is 4.67. The van der Waals surface area contributed by atoms with Gasteiger partial charge in [0.1, 0.15) is 11.5 Å². The quantitative estimate of drug-likeness (QED) is 0.350. The zero-order valence-electron chi connectivity index (χ0n) is 10.8. The minimum Gasteiger partial charge on any atom is -0.624 e. The summed E-state index contributed by atoms with van der Waals surface area (Å²) in [6.07, 6.45) is 1.49. The van der Waals surface area contributed by atoms with E-state index in [1.54, 1.807) is 19.2 Å². The third-order valence-electron chi connectivity index (χ3n) is 2.21. The minimum absolute atomic E-state index is 0.257. The van der Waals surface area contributed by atoms with Gasteiger partial charge in [-0.15, -0.1) is 0 Å². The van der Waals surface area contributed by atoms with Gasteiger partial charge < -0.3 is 14.7 Å². The third-order valence-corrected chi connectivity index (χ3v) is 2.21. The minimum atomic E-state index is -0.427. The highest BCUT2D eigenvalue weighted by molar-refractivity contribution is 5.53. The molecule has 1 rings (SSSR count). The van der Waals surface area contributed by atoms with Crippen LogP contribution in [0.4, 0.5) is 0 Å². The number of benzene rings is 1. The number of rotatable bonds is 4. The van der Waals surface area contributed by atoms with Gasteiger partial charge in [0.05, 0.1) is 7.11 Å². The van der Waals surface area contributed by atoms with E-state index in [4.69, 9.17) is 9.47 Å². The Bertz CT molecular complexity index is 377. The SMILES string of the molecule is COc1ccc(OCC=[N+]([O-])C(C)(C)C)cc1. The maximum Gasteiger partial charge on any atom is 0.189 e. The highest BCUT2D eigenvalue weighted by Crippen LogP contribution is 2.16. The van der Waals surface area contributed by atoms with E-state index >= 15 is 0 Å². The number of ether oxygens (including phenoxy) is 2. The van der Waals surface area contributed by atoms with Crippen molar-refractivity contribution >= 4 is 6.21 Å². The average molecular weight is 237 g/mol. The molecule has 4 heteroatoms. The standard InChI is InChI=1S/C13H19NO3/c1-13(2,3)14(15)9-10-17-12-7-5-11(16-4)6-8-12/h5-9H,10H2,1-4H3. The molecule has 17 heavy (non-hydrogen) atoms. The van der Waals surface area contributed by atoms with E-state index in [1.165, 1.54) is 6.21 Å². The largest absolute Gasteiger partial charge is 0.624 e. The van der Waals surface area contributed by atoms with Crippen molar-refractivity contribution < 1.29 is 14.2 Å². The van der Waals surface area contributed by atoms with Crippen LogP contribution in [0.2, 0.25) is 0 Å². The van der Waals surface area contributed by atoms with Gasteiger partial charge in [-0.3, -0.25) is 0 Å². The summed E-state index contributed by atoms with van der Waals surface area (Å²) in [5, 5.41) is 11.5. The van der Waals surface area contributed by atoms with Crippen LogP contribution in [-0.2, 0) is 0 Å². The maximum absolute atomic E-state index is 11.5. The van der Waals surface area contributed by atoms with Gasteiger partial charge in [0.25, 0.3) is 0 Å². The average Bonchev–Trinajstić information content (AvgIpc) is 2.28. The van der Waals surface area contributed by atoms with Gasteiger partial charge in [-0.1, -0.05) is 0 Å². The van der Waals surface area contributed by atoms with Crippen molar-refractivity contribution in [3.63, 3.8) is 0 Å². The summed E-state index contributed by atoms with van der Waals surface area (Å²) in [4.78, 5) is 0. The molecule has 4 nitrogen and oxygen atoms in total. The smallest absolute Gasteiger partial charge is 0.189 e. The van der Waals surface area contributed by atoms with Gasteiger partial charge in [0, 0.05) is 20.8 Å². The molecule has 0 atom stereocenters. The normalized spacial score (nSPS) is 12.4. The summed E-state index contributed by atoms with van der Waals surface area (Å²) in [6.45, 7) is 5.81. The Labute approximate surface area is 102 Å². The Kier molecular flexibility index (Phi) is 4.37. The van der Waals surface area contributed by atoms with Gasteiger partial charge in [-0.05, 0) is 24.3 Å². The Morgan fingerprint density at radius 2 is 1.71 bits per heavy atom. The first-order chi connectivity index (χ1) is 7.93. The van der Waals surface area contributed by atoms with E-state index in [0.717, 1.165) is 10.5 Å². The number of hydroxylamine groups is 1. The first kappa shape index (κ1) is 13.4. The molecule has 0 saturated carbocycles. The zero-order chi connectivity index (χ0) is 12.9. The molecule has 94 valence electrons. The van der Waals surface area contributed by atoms with Crippen LogP contribution in [0.3, 0.4) is 0 Å². The van der Waals surface area contributed by atoms with Gasteiger partial charge >= 0.3 is 0 Å². The Morgan fingerprint density at radius 3 is 2.18 bits per heavy atom. The fraction of sp³-hybridized carbons (Fsp3) is 0.462. The lowest BCUT2D eigenvalue weighted by Gasteiger charge is -2.18. The van der Waals surface area contributed by atoms with Crippen molar-refractivity contribution in [2.45, 2.75) is 26.3 Å². The molecule has 0 spiro atoms. The Balaban J connectivity index is 2.51. The zero-order valence-corrected chi connectivity index (χ0v) is 10.8. The summed E-state index contributed by atoms with van der Waals surface area (Å²) in [7, 11) is 1.61. The summed E-state index contributed by atoms with van der Waals surface area (Å²) >= 11 is 0. The fourth-order valence-corrected chi connectivity index (χ4v) is 1.15. The van der Waals surface area contributed by atoms with Crippen molar-refractivity contribution in [3.8, 4) is 11.5 Å². The number of methoxy groups -OCH3 is 1. The molecule has 0 aliphatic carbocycles. The Morgan fingerprint density at radius 1 is 1.18 bits per heavy atom. The lowest BCUT2D eigenvalue weighted by atomic mass is 10.1. The maximum atomic E-state index is 11.5. The van der Waals surface area contributed by atoms with Crippen LogP contribution in [0.15, 0.2) is 24.3 Å². The molecule has 0 heterocycles. The van der Waals surface area contributed by atoms with Crippen molar-refractivity contribution in [2.24, 2.45) is 0 Å². The van der Waals surface area contributed by atoms with E-state index < -0.39 is 5.54 Å². The molecule has 0 radical (unpaired) electrons. The molecule has 0 aliphatic heterocycles. The predicted molar refractivity (Wildman–Crippen MR) is 67.9 cm³/mol. The van der Waals surface area contributed by atoms with Crippen molar-refractivity contribution in [3.05, 3.63) is 29.5 Å². The van der Waals surface area contributed by atoms with E-state index in [0.29, 0.717) is 5.75 Å². The van der Waals surface area contributed by atoms with E-state index in [2.05, 4.69) is 0 Å². The number of hydrogen-bond donors (Lipinski definition) is 0. The molecule has 0 unspecified atom stereocenters. The first-order valence-corrected chi connectivity index (χ1v) is 5.50. The molecular formula is C13H19NO3. The molecule has 0 saturated heterocycles. The molecule has 0 N–H and O–H groups in total. The summed E-state index contributed by atoms with van der Waals surface area (Å²) < 4.78 is 11.4. The lowest BCUT2D eigenvalue weighted by molar-refractivity contribution is -0.532. The van der Waals surface area contributed by atoms with Gasteiger partial charge in [0.2, 0.25) is 0 Å². The van der Waals surface area contributed by atoms with Crippen LogP contribution in [0.5, 0.6) is 11.5 Å². The lowest BCUT2D eigenvalue weighted by Crippen LogP contribution is -2.30. The highest BCUT2D eigenvalue weighted by atomic mass is 16.5. The second-order valence-corrected chi connectivity index (χ2v) is 4.67. The van der Waals surface area contributed by atoms with Crippen LogP contribution in [0.1, 0.15) is 20.8 Å². The highest BCUT2D eigenvalue weighted by Gasteiger charge is 2.17. The van der Waals surface area contributed by atoms with Crippen LogP contribution >= 0.6 is 0 Å². The van der Waals surface area contributed by atoms with E-state index in [-0.39, 0.29) is 6.61 Å². The van der Waals surface area contributed by atoms with Crippen LogP contribution in [0, 0.1) is 5.21 Å². The molecule has 0 aromatic heterocycles. The molecule has 0 amide bonds. The van der Waals surface area contributed by atoms with Crippen LogP contribution in [-0.4, -0.2) is 30.2 Å².